The van der Waals surface area contributed by atoms with Crippen LogP contribution in [0.4, 0.5) is 4.39 Å². The van der Waals surface area contributed by atoms with Crippen LogP contribution in [0.5, 0.6) is 0 Å². The molecule has 0 atom stereocenters. The van der Waals surface area contributed by atoms with Crippen LogP contribution in [0, 0.1) is 5.82 Å². The largest absolute Gasteiger partial charge is 0.390 e. The van der Waals surface area contributed by atoms with Crippen LogP contribution in [0.2, 0.25) is 0 Å². The average molecular weight is 276 g/mol. The topological polar surface area (TPSA) is 63.8 Å². The minimum atomic E-state index is -0.353. The Morgan fingerprint density at radius 2 is 2.26 bits per heavy atom. The van der Waals surface area contributed by atoms with Gasteiger partial charge in [-0.25, -0.2) is 9.37 Å². The van der Waals surface area contributed by atoms with Crippen LogP contribution in [0.15, 0.2) is 35.8 Å². The summed E-state index contributed by atoms with van der Waals surface area (Å²) in [6, 6.07) is 6.08. The third-order valence-corrected chi connectivity index (χ3v) is 3.34. The molecule has 0 radical (unpaired) electrons. The molecule has 7 heteroatoms. The van der Waals surface area contributed by atoms with Crippen LogP contribution in [0.1, 0.15) is 5.69 Å². The maximum atomic E-state index is 13.3. The maximum Gasteiger partial charge on any atom is 0.212 e. The summed E-state index contributed by atoms with van der Waals surface area (Å²) in [5, 5.41) is 19.6. The average Bonchev–Trinajstić information content (AvgIpc) is 3.07. The van der Waals surface area contributed by atoms with Crippen molar-refractivity contribution in [3.8, 4) is 16.4 Å². The highest BCUT2D eigenvalue weighted by Gasteiger charge is 2.17. The molecule has 3 aromatic rings. The second-order valence-electron chi connectivity index (χ2n) is 3.78. The van der Waals surface area contributed by atoms with Crippen LogP contribution < -0.4 is 0 Å². The van der Waals surface area contributed by atoms with E-state index in [2.05, 4.69) is 15.3 Å². The molecular formula is C12H9FN4OS. The molecular weight excluding hydrogens is 267 g/mol. The monoisotopic (exact) mass is 276 g/mol. The number of hydrogen-bond acceptors (Lipinski definition) is 5. The Morgan fingerprint density at radius 3 is 2.95 bits per heavy atom. The molecule has 96 valence electrons. The van der Waals surface area contributed by atoms with E-state index in [9.17, 15) is 9.50 Å². The summed E-state index contributed by atoms with van der Waals surface area (Å²) >= 11 is 1.39. The van der Waals surface area contributed by atoms with Crippen molar-refractivity contribution in [3.05, 3.63) is 47.4 Å². The van der Waals surface area contributed by atoms with Crippen molar-refractivity contribution in [2.75, 3.05) is 0 Å². The molecule has 0 bridgehead atoms. The summed E-state index contributed by atoms with van der Waals surface area (Å²) in [6.45, 7) is -0.267. The van der Waals surface area contributed by atoms with E-state index in [0.29, 0.717) is 22.1 Å². The summed E-state index contributed by atoms with van der Waals surface area (Å²) in [5.41, 5.74) is 1.54. The van der Waals surface area contributed by atoms with Crippen LogP contribution in [-0.2, 0) is 6.61 Å². The van der Waals surface area contributed by atoms with E-state index in [1.54, 1.807) is 18.3 Å². The van der Waals surface area contributed by atoms with Gasteiger partial charge in [0, 0.05) is 17.1 Å². The molecule has 0 aliphatic rings. The number of nitrogens with zero attached hydrogens (tertiary/aromatic N) is 4. The number of halogens is 1. The number of hydrogen-bond donors (Lipinski definition) is 1. The highest BCUT2D eigenvalue weighted by atomic mass is 32.1. The van der Waals surface area contributed by atoms with Crippen LogP contribution in [0.3, 0.4) is 0 Å². The first-order valence-corrected chi connectivity index (χ1v) is 6.39. The van der Waals surface area contributed by atoms with Gasteiger partial charge in [-0.1, -0.05) is 17.3 Å². The van der Waals surface area contributed by atoms with Gasteiger partial charge in [0.15, 0.2) is 0 Å². The fraction of sp³-hybridized carbons (Fsp3) is 0.0833. The molecule has 2 heterocycles. The molecule has 0 aliphatic carbocycles. The molecule has 0 fully saturated rings. The van der Waals surface area contributed by atoms with E-state index in [1.165, 1.54) is 28.2 Å². The van der Waals surface area contributed by atoms with Gasteiger partial charge in [0.2, 0.25) is 5.13 Å². The highest BCUT2D eigenvalue weighted by Crippen LogP contribution is 2.26. The van der Waals surface area contributed by atoms with E-state index in [0.717, 1.165) is 0 Å². The Morgan fingerprint density at radius 1 is 1.37 bits per heavy atom. The first-order valence-electron chi connectivity index (χ1n) is 5.51. The van der Waals surface area contributed by atoms with Crippen LogP contribution in [0.25, 0.3) is 16.4 Å². The summed E-state index contributed by atoms with van der Waals surface area (Å²) in [7, 11) is 0. The van der Waals surface area contributed by atoms with Gasteiger partial charge >= 0.3 is 0 Å². The lowest BCUT2D eigenvalue weighted by Gasteiger charge is -2.05. The normalized spacial score (nSPS) is 10.8. The summed E-state index contributed by atoms with van der Waals surface area (Å²) in [4.78, 5) is 4.15. The standard InChI is InChI=1S/C12H9FN4OS/c13-9-3-1-2-8(6-9)11-10(7-18)15-16-17(11)12-14-4-5-19-12/h1-6,18H,7H2. The first-order chi connectivity index (χ1) is 9.29. The molecule has 5 nitrogen and oxygen atoms in total. The molecule has 0 saturated heterocycles. The van der Waals surface area contributed by atoms with Gasteiger partial charge < -0.3 is 5.11 Å². The Hall–Kier alpha value is -2.12. The smallest absolute Gasteiger partial charge is 0.212 e. The second-order valence-corrected chi connectivity index (χ2v) is 4.65. The van der Waals surface area contributed by atoms with E-state index in [-0.39, 0.29) is 12.4 Å². The van der Waals surface area contributed by atoms with E-state index >= 15 is 0 Å². The third kappa shape index (κ3) is 2.13. The fourth-order valence-corrected chi connectivity index (χ4v) is 2.39. The molecule has 1 aromatic carbocycles. The molecule has 0 unspecified atom stereocenters. The zero-order valence-corrected chi connectivity index (χ0v) is 10.5. The number of aromatic nitrogens is 4. The lowest BCUT2D eigenvalue weighted by atomic mass is 10.1. The van der Waals surface area contributed by atoms with Gasteiger partial charge in [-0.15, -0.1) is 16.4 Å². The van der Waals surface area contributed by atoms with Crippen molar-refractivity contribution < 1.29 is 9.50 Å². The maximum absolute atomic E-state index is 13.3. The molecule has 19 heavy (non-hydrogen) atoms. The predicted octanol–water partition coefficient (Wildman–Crippen LogP) is 2.02. The van der Waals surface area contributed by atoms with E-state index < -0.39 is 0 Å². The zero-order valence-electron chi connectivity index (χ0n) is 9.69. The third-order valence-electron chi connectivity index (χ3n) is 2.59. The summed E-state index contributed by atoms with van der Waals surface area (Å²) in [5.74, 6) is -0.353. The SMILES string of the molecule is OCc1nnn(-c2nccs2)c1-c1cccc(F)c1. The number of thiazole rings is 1. The van der Waals surface area contributed by atoms with Crippen molar-refractivity contribution in [2.45, 2.75) is 6.61 Å². The van der Waals surface area contributed by atoms with Gasteiger partial charge in [-0.2, -0.15) is 4.68 Å². The van der Waals surface area contributed by atoms with Crippen molar-refractivity contribution in [3.63, 3.8) is 0 Å². The minimum Gasteiger partial charge on any atom is -0.390 e. The number of aliphatic hydroxyl groups excluding tert-OH is 1. The first kappa shape index (κ1) is 11.9. The zero-order chi connectivity index (χ0) is 13.2. The lowest BCUT2D eigenvalue weighted by Crippen LogP contribution is -1.99. The predicted molar refractivity (Wildman–Crippen MR) is 68.3 cm³/mol. The van der Waals surface area contributed by atoms with Crippen LogP contribution >= 0.6 is 11.3 Å². The van der Waals surface area contributed by atoms with Crippen molar-refractivity contribution in [2.24, 2.45) is 0 Å². The van der Waals surface area contributed by atoms with Gasteiger partial charge in [0.05, 0.1) is 6.61 Å². The van der Waals surface area contributed by atoms with Gasteiger partial charge in [0.1, 0.15) is 17.2 Å². The second kappa shape index (κ2) is 4.87. The van der Waals surface area contributed by atoms with Gasteiger partial charge in [-0.3, -0.25) is 0 Å². The molecule has 3 rings (SSSR count). The molecule has 1 N–H and O–H groups in total. The summed E-state index contributed by atoms with van der Waals surface area (Å²) in [6.07, 6.45) is 1.65. The summed E-state index contributed by atoms with van der Waals surface area (Å²) < 4.78 is 14.8. The molecule has 0 aliphatic heterocycles. The number of benzene rings is 1. The van der Waals surface area contributed by atoms with Crippen LogP contribution in [-0.4, -0.2) is 25.1 Å². The van der Waals surface area contributed by atoms with Crippen molar-refractivity contribution in [1.82, 2.24) is 20.0 Å². The van der Waals surface area contributed by atoms with Crippen molar-refractivity contribution >= 4 is 11.3 Å². The van der Waals surface area contributed by atoms with E-state index in [1.807, 2.05) is 5.38 Å². The lowest BCUT2D eigenvalue weighted by molar-refractivity contribution is 0.277. The quantitative estimate of drug-likeness (QED) is 0.795. The van der Waals surface area contributed by atoms with E-state index in [4.69, 9.17) is 0 Å². The van der Waals surface area contributed by atoms with Gasteiger partial charge in [0.25, 0.3) is 0 Å². The Balaban J connectivity index is 2.21. The highest BCUT2D eigenvalue weighted by molar-refractivity contribution is 7.12. The van der Waals surface area contributed by atoms with Crippen molar-refractivity contribution in [1.29, 1.82) is 0 Å². The molecule has 2 aromatic heterocycles. The number of aliphatic hydroxyl groups is 1. The number of rotatable bonds is 3. The Kier molecular flexibility index (Phi) is 3.06. The Bertz CT molecular complexity index is 696. The fourth-order valence-electron chi connectivity index (χ4n) is 1.80. The molecule has 0 saturated carbocycles. The Labute approximate surface area is 112 Å². The van der Waals surface area contributed by atoms with Gasteiger partial charge in [-0.05, 0) is 12.1 Å². The molecule has 0 spiro atoms. The minimum absolute atomic E-state index is 0.267. The molecule has 0 amide bonds.